The van der Waals surface area contributed by atoms with Crippen LogP contribution >= 0.6 is 22.7 Å². The molecule has 0 bridgehead atoms. The molecule has 0 aliphatic carbocycles. The van der Waals surface area contributed by atoms with Crippen molar-refractivity contribution in [2.75, 3.05) is 0 Å². The zero-order chi connectivity index (χ0) is 20.6. The van der Waals surface area contributed by atoms with E-state index in [1.165, 1.54) is 10.6 Å². The summed E-state index contributed by atoms with van der Waals surface area (Å²) < 4.78 is 31.2. The third-order valence-corrected chi connectivity index (χ3v) is 7.88. The molecular weight excluding hydrogens is 426 g/mol. The molecule has 29 heavy (non-hydrogen) atoms. The van der Waals surface area contributed by atoms with E-state index < -0.39 is 16.1 Å². The van der Waals surface area contributed by atoms with Crippen LogP contribution in [0.5, 0.6) is 0 Å². The molecule has 0 saturated carbocycles. The molecule has 0 saturated heterocycles. The fraction of sp³-hybridized carbons (Fsp3) is 0.200. The summed E-state index contributed by atoms with van der Waals surface area (Å²) in [5, 5.41) is 3.97. The van der Waals surface area contributed by atoms with Gasteiger partial charge in [0.2, 0.25) is 10.0 Å². The van der Waals surface area contributed by atoms with E-state index in [-0.39, 0.29) is 9.77 Å². The van der Waals surface area contributed by atoms with Crippen LogP contribution in [0.4, 0.5) is 0 Å². The second-order valence-electron chi connectivity index (χ2n) is 6.83. The van der Waals surface area contributed by atoms with Gasteiger partial charge in [-0.15, -0.1) is 0 Å². The van der Waals surface area contributed by atoms with Gasteiger partial charge in [0.05, 0.1) is 26.8 Å². The SMILES string of the molecule is Cc1ccc([C@H](Cc2ccsc2)NS(=O)(=O)c2ccc3c(c2)sc(=O)n3C)nc1. The van der Waals surface area contributed by atoms with Crippen LogP contribution in [0.3, 0.4) is 0 Å². The number of hydrogen-bond acceptors (Lipinski definition) is 6. The topological polar surface area (TPSA) is 81.1 Å². The van der Waals surface area contributed by atoms with Gasteiger partial charge in [-0.3, -0.25) is 9.78 Å². The van der Waals surface area contributed by atoms with Crippen LogP contribution in [0.15, 0.2) is 63.0 Å². The Labute approximate surface area is 176 Å². The number of fused-ring (bicyclic) bond motifs is 1. The average molecular weight is 446 g/mol. The summed E-state index contributed by atoms with van der Waals surface area (Å²) in [5.74, 6) is 0. The van der Waals surface area contributed by atoms with E-state index in [4.69, 9.17) is 0 Å². The van der Waals surface area contributed by atoms with Crippen molar-refractivity contribution in [1.29, 1.82) is 0 Å². The fourth-order valence-corrected chi connectivity index (χ4v) is 5.98. The van der Waals surface area contributed by atoms with E-state index in [9.17, 15) is 13.2 Å². The second-order valence-corrected chi connectivity index (χ2v) is 10.3. The highest BCUT2D eigenvalue weighted by atomic mass is 32.2. The van der Waals surface area contributed by atoms with Gasteiger partial charge in [0, 0.05) is 13.2 Å². The minimum atomic E-state index is -3.81. The Bertz CT molecular complexity index is 1300. The van der Waals surface area contributed by atoms with E-state index in [0.717, 1.165) is 22.5 Å². The summed E-state index contributed by atoms with van der Waals surface area (Å²) >= 11 is 2.60. The van der Waals surface area contributed by atoms with Gasteiger partial charge in [-0.2, -0.15) is 11.3 Å². The quantitative estimate of drug-likeness (QED) is 0.491. The molecule has 1 atom stereocenters. The van der Waals surface area contributed by atoms with Gasteiger partial charge in [-0.1, -0.05) is 17.4 Å². The molecule has 0 fully saturated rings. The maximum absolute atomic E-state index is 13.1. The van der Waals surface area contributed by atoms with Crippen molar-refractivity contribution in [3.8, 4) is 0 Å². The van der Waals surface area contributed by atoms with Crippen molar-refractivity contribution in [2.24, 2.45) is 7.05 Å². The molecule has 4 aromatic rings. The summed E-state index contributed by atoms with van der Waals surface area (Å²) in [6.45, 7) is 1.94. The van der Waals surface area contributed by atoms with Gasteiger partial charge >= 0.3 is 4.87 Å². The zero-order valence-corrected chi connectivity index (χ0v) is 18.3. The van der Waals surface area contributed by atoms with Crippen molar-refractivity contribution in [2.45, 2.75) is 24.3 Å². The summed E-state index contributed by atoms with van der Waals surface area (Å²) in [7, 11) is -2.13. The van der Waals surface area contributed by atoms with E-state index in [1.807, 2.05) is 35.9 Å². The number of pyridine rings is 1. The van der Waals surface area contributed by atoms with Gasteiger partial charge in [0.1, 0.15) is 0 Å². The number of benzene rings is 1. The average Bonchev–Trinajstić information content (AvgIpc) is 3.29. The minimum Gasteiger partial charge on any atom is -0.302 e. The van der Waals surface area contributed by atoms with Crippen LogP contribution in [-0.4, -0.2) is 18.0 Å². The monoisotopic (exact) mass is 445 g/mol. The maximum atomic E-state index is 13.1. The molecule has 1 aromatic carbocycles. The highest BCUT2D eigenvalue weighted by Crippen LogP contribution is 2.25. The number of rotatable bonds is 6. The highest BCUT2D eigenvalue weighted by Gasteiger charge is 2.24. The zero-order valence-electron chi connectivity index (χ0n) is 15.8. The molecule has 0 aliphatic heterocycles. The van der Waals surface area contributed by atoms with Crippen molar-refractivity contribution in [3.05, 3.63) is 79.8 Å². The molecule has 0 amide bonds. The van der Waals surface area contributed by atoms with Crippen molar-refractivity contribution < 1.29 is 8.42 Å². The molecule has 4 rings (SSSR count). The third kappa shape index (κ3) is 4.18. The lowest BCUT2D eigenvalue weighted by Gasteiger charge is -2.18. The Morgan fingerprint density at radius 2 is 2.03 bits per heavy atom. The third-order valence-electron chi connectivity index (χ3n) is 4.68. The number of sulfonamides is 1. The smallest absolute Gasteiger partial charge is 0.302 e. The van der Waals surface area contributed by atoms with Crippen LogP contribution in [0, 0.1) is 6.92 Å². The number of nitrogens with one attached hydrogen (secondary N) is 1. The normalized spacial score (nSPS) is 13.0. The first kappa shape index (κ1) is 20.0. The summed E-state index contributed by atoms with van der Waals surface area (Å²) in [5.41, 5.74) is 3.43. The highest BCUT2D eigenvalue weighted by molar-refractivity contribution is 7.89. The molecule has 0 spiro atoms. The molecule has 6 nitrogen and oxygen atoms in total. The van der Waals surface area contributed by atoms with Gasteiger partial charge in [0.15, 0.2) is 0 Å². The van der Waals surface area contributed by atoms with Crippen LogP contribution in [0.1, 0.15) is 22.9 Å². The lowest BCUT2D eigenvalue weighted by atomic mass is 10.1. The minimum absolute atomic E-state index is 0.123. The molecule has 9 heteroatoms. The maximum Gasteiger partial charge on any atom is 0.307 e. The number of aryl methyl sites for hydroxylation is 2. The molecule has 150 valence electrons. The molecule has 1 N–H and O–H groups in total. The number of thiophene rings is 1. The second kappa shape index (κ2) is 7.83. The van der Waals surface area contributed by atoms with Crippen molar-refractivity contribution >= 4 is 42.9 Å². The van der Waals surface area contributed by atoms with Crippen molar-refractivity contribution in [1.82, 2.24) is 14.3 Å². The van der Waals surface area contributed by atoms with Gasteiger partial charge < -0.3 is 4.57 Å². The van der Waals surface area contributed by atoms with Crippen LogP contribution in [-0.2, 0) is 23.5 Å². The Kier molecular flexibility index (Phi) is 5.39. The first-order chi connectivity index (χ1) is 13.8. The summed E-state index contributed by atoms with van der Waals surface area (Å²) in [6, 6.07) is 9.99. The lowest BCUT2D eigenvalue weighted by Crippen LogP contribution is -2.30. The Morgan fingerprint density at radius 3 is 2.72 bits per heavy atom. The van der Waals surface area contributed by atoms with Crippen molar-refractivity contribution in [3.63, 3.8) is 0 Å². The standard InChI is InChI=1S/C20H19N3O3S3/c1-13-3-5-16(21-11-13)17(9-14-7-8-27-12-14)22-29(25,26)15-4-6-18-19(10-15)28-20(24)23(18)2/h3-8,10-12,17,22H,9H2,1-2H3/t17-/m0/s1. The molecule has 0 unspecified atom stereocenters. The Balaban J connectivity index is 1.70. The molecular formula is C20H19N3O3S3. The Hall–Kier alpha value is -2.33. The predicted molar refractivity (Wildman–Crippen MR) is 117 cm³/mol. The number of hydrogen-bond donors (Lipinski definition) is 1. The van der Waals surface area contributed by atoms with E-state index in [2.05, 4.69) is 9.71 Å². The van der Waals surface area contributed by atoms with Crippen LogP contribution in [0.25, 0.3) is 10.2 Å². The lowest BCUT2D eigenvalue weighted by molar-refractivity contribution is 0.550. The number of nitrogens with zero attached hydrogens (tertiary/aromatic N) is 2. The van der Waals surface area contributed by atoms with Gasteiger partial charge in [-0.25, -0.2) is 13.1 Å². The first-order valence-electron chi connectivity index (χ1n) is 8.89. The predicted octanol–water partition coefficient (Wildman–Crippen LogP) is 3.63. The first-order valence-corrected chi connectivity index (χ1v) is 12.1. The molecule has 0 aliphatic rings. The Morgan fingerprint density at radius 1 is 1.21 bits per heavy atom. The number of thiazole rings is 1. The van der Waals surface area contributed by atoms with E-state index in [1.54, 1.807) is 36.7 Å². The fourth-order valence-electron chi connectivity index (χ4n) is 3.07. The summed E-state index contributed by atoms with van der Waals surface area (Å²) in [6.07, 6.45) is 2.23. The largest absolute Gasteiger partial charge is 0.307 e. The summed E-state index contributed by atoms with van der Waals surface area (Å²) in [4.78, 5) is 16.3. The molecule has 0 radical (unpaired) electrons. The van der Waals surface area contributed by atoms with Gasteiger partial charge in [-0.05, 0) is 65.6 Å². The number of aromatic nitrogens is 2. The van der Waals surface area contributed by atoms with E-state index >= 15 is 0 Å². The van der Waals surface area contributed by atoms with Crippen LogP contribution in [0.2, 0.25) is 0 Å². The molecule has 3 aromatic heterocycles. The van der Waals surface area contributed by atoms with Gasteiger partial charge in [0.25, 0.3) is 0 Å². The van der Waals surface area contributed by atoms with E-state index in [0.29, 0.717) is 22.3 Å². The van der Waals surface area contributed by atoms with Crippen LogP contribution < -0.4 is 9.60 Å². The molecule has 3 heterocycles.